The molecule has 0 aliphatic carbocycles. The van der Waals surface area contributed by atoms with Crippen LogP contribution in [0.1, 0.15) is 33.9 Å². The monoisotopic (exact) mass is 316 g/mol. The van der Waals surface area contributed by atoms with E-state index in [1.54, 1.807) is 11.3 Å². The van der Waals surface area contributed by atoms with Crippen LogP contribution < -0.4 is 11.1 Å². The van der Waals surface area contributed by atoms with E-state index in [9.17, 15) is 4.79 Å². The molecular formula is C16H16N2OS2. The molecule has 21 heavy (non-hydrogen) atoms. The Morgan fingerprint density at radius 2 is 2.10 bits per heavy atom. The molecule has 5 heteroatoms. The molecule has 2 aromatic heterocycles. The summed E-state index contributed by atoms with van der Waals surface area (Å²) >= 11 is 3.11. The van der Waals surface area contributed by atoms with Crippen molar-refractivity contribution in [2.75, 3.05) is 5.73 Å². The molecule has 0 radical (unpaired) electrons. The Bertz CT molecular complexity index is 762. The van der Waals surface area contributed by atoms with Crippen LogP contribution in [0.2, 0.25) is 0 Å². The number of hydrogen-bond acceptors (Lipinski definition) is 4. The summed E-state index contributed by atoms with van der Waals surface area (Å²) < 4.78 is 1.05. The van der Waals surface area contributed by atoms with Gasteiger partial charge in [-0.15, -0.1) is 22.7 Å². The van der Waals surface area contributed by atoms with E-state index in [0.717, 1.165) is 16.5 Å². The Morgan fingerprint density at radius 3 is 2.76 bits per heavy atom. The fourth-order valence-corrected chi connectivity index (χ4v) is 4.21. The van der Waals surface area contributed by atoms with Gasteiger partial charge in [-0.2, -0.15) is 0 Å². The number of carbonyl (C=O) groups excluding carboxylic acids is 1. The van der Waals surface area contributed by atoms with Crippen LogP contribution in [0.15, 0.2) is 41.8 Å². The number of nitrogens with two attached hydrogens (primary N) is 1. The van der Waals surface area contributed by atoms with Crippen LogP contribution in [0.25, 0.3) is 10.1 Å². The van der Waals surface area contributed by atoms with Crippen LogP contribution >= 0.6 is 22.7 Å². The highest BCUT2D eigenvalue weighted by Crippen LogP contribution is 2.34. The summed E-state index contributed by atoms with van der Waals surface area (Å²) in [6.45, 7) is 2.07. The van der Waals surface area contributed by atoms with Gasteiger partial charge in [0.15, 0.2) is 0 Å². The minimum Gasteiger partial charge on any atom is -0.397 e. The van der Waals surface area contributed by atoms with Crippen molar-refractivity contribution >= 4 is 44.4 Å². The van der Waals surface area contributed by atoms with Crippen molar-refractivity contribution in [3.63, 3.8) is 0 Å². The molecule has 0 aliphatic heterocycles. The van der Waals surface area contributed by atoms with Gasteiger partial charge in [-0.25, -0.2) is 0 Å². The highest BCUT2D eigenvalue weighted by Gasteiger charge is 2.20. The third-order valence-corrected chi connectivity index (χ3v) is 5.61. The average molecular weight is 316 g/mol. The van der Waals surface area contributed by atoms with Gasteiger partial charge in [0.05, 0.1) is 11.7 Å². The Labute approximate surface area is 131 Å². The van der Waals surface area contributed by atoms with Crippen molar-refractivity contribution in [3.05, 3.63) is 51.5 Å². The smallest absolute Gasteiger partial charge is 0.264 e. The number of fused-ring (bicyclic) bond motifs is 1. The van der Waals surface area contributed by atoms with Gasteiger partial charge in [-0.05, 0) is 23.9 Å². The second-order valence-electron chi connectivity index (χ2n) is 4.79. The molecule has 3 nitrogen and oxygen atoms in total. The van der Waals surface area contributed by atoms with E-state index in [4.69, 9.17) is 5.73 Å². The summed E-state index contributed by atoms with van der Waals surface area (Å²) in [5, 5.41) is 6.07. The summed E-state index contributed by atoms with van der Waals surface area (Å²) in [7, 11) is 0. The van der Waals surface area contributed by atoms with Gasteiger partial charge < -0.3 is 11.1 Å². The van der Waals surface area contributed by atoms with Crippen molar-refractivity contribution in [1.29, 1.82) is 0 Å². The molecule has 1 atom stereocenters. The van der Waals surface area contributed by atoms with Gasteiger partial charge in [-0.1, -0.05) is 31.2 Å². The number of rotatable bonds is 4. The number of thiophene rings is 2. The van der Waals surface area contributed by atoms with Gasteiger partial charge in [-0.3, -0.25) is 4.79 Å². The first-order valence-corrected chi connectivity index (χ1v) is 8.51. The maximum atomic E-state index is 12.5. The molecule has 0 saturated heterocycles. The molecule has 0 saturated carbocycles. The van der Waals surface area contributed by atoms with E-state index in [2.05, 4.69) is 12.2 Å². The number of anilines is 1. The molecule has 2 heterocycles. The van der Waals surface area contributed by atoms with Gasteiger partial charge >= 0.3 is 0 Å². The van der Waals surface area contributed by atoms with Gasteiger partial charge in [0.2, 0.25) is 0 Å². The molecule has 1 aromatic carbocycles. The van der Waals surface area contributed by atoms with E-state index in [1.807, 2.05) is 41.8 Å². The standard InChI is InChI=1S/C16H16N2OS2/c1-2-11(13-8-5-9-20-13)18-16(19)15-14(17)10-6-3-4-7-12(10)21-15/h3-9,11H,2,17H2,1H3,(H,18,19). The van der Waals surface area contributed by atoms with E-state index < -0.39 is 0 Å². The summed E-state index contributed by atoms with van der Waals surface area (Å²) in [5.74, 6) is -0.0889. The molecule has 1 amide bonds. The lowest BCUT2D eigenvalue weighted by atomic mass is 10.1. The topological polar surface area (TPSA) is 55.1 Å². The van der Waals surface area contributed by atoms with Crippen LogP contribution in [0.5, 0.6) is 0 Å². The van der Waals surface area contributed by atoms with Crippen molar-refractivity contribution < 1.29 is 4.79 Å². The Balaban J connectivity index is 1.88. The maximum absolute atomic E-state index is 12.5. The normalized spacial score (nSPS) is 12.4. The van der Waals surface area contributed by atoms with Crippen LogP contribution in [-0.4, -0.2) is 5.91 Å². The lowest BCUT2D eigenvalue weighted by Gasteiger charge is -2.15. The minimum atomic E-state index is -0.0889. The quantitative estimate of drug-likeness (QED) is 0.748. The van der Waals surface area contributed by atoms with Gasteiger partial charge in [0, 0.05) is 15.0 Å². The largest absolute Gasteiger partial charge is 0.397 e. The number of nitrogen functional groups attached to an aromatic ring is 1. The van der Waals surface area contributed by atoms with Crippen molar-refractivity contribution in [1.82, 2.24) is 5.32 Å². The second kappa shape index (κ2) is 5.87. The fraction of sp³-hybridized carbons (Fsp3) is 0.188. The van der Waals surface area contributed by atoms with Crippen molar-refractivity contribution in [2.24, 2.45) is 0 Å². The average Bonchev–Trinajstić information content (AvgIpc) is 3.13. The molecule has 0 aliphatic rings. The number of amides is 1. The van der Waals surface area contributed by atoms with Crippen LogP contribution in [0, 0.1) is 0 Å². The molecule has 1 unspecified atom stereocenters. The second-order valence-corrected chi connectivity index (χ2v) is 6.82. The molecule has 3 N–H and O–H groups in total. The van der Waals surface area contributed by atoms with E-state index in [-0.39, 0.29) is 11.9 Å². The van der Waals surface area contributed by atoms with Gasteiger partial charge in [0.25, 0.3) is 5.91 Å². The zero-order valence-corrected chi connectivity index (χ0v) is 13.3. The molecule has 0 fully saturated rings. The van der Waals surface area contributed by atoms with Crippen LogP contribution in [-0.2, 0) is 0 Å². The Hall–Kier alpha value is -1.85. The van der Waals surface area contributed by atoms with Gasteiger partial charge in [0.1, 0.15) is 4.88 Å². The zero-order valence-electron chi connectivity index (χ0n) is 11.6. The highest BCUT2D eigenvalue weighted by molar-refractivity contribution is 7.21. The SMILES string of the molecule is CCC(NC(=O)c1sc2ccccc2c1N)c1cccs1. The zero-order chi connectivity index (χ0) is 14.8. The van der Waals surface area contributed by atoms with Crippen molar-refractivity contribution in [2.45, 2.75) is 19.4 Å². The highest BCUT2D eigenvalue weighted by atomic mass is 32.1. The Morgan fingerprint density at radius 1 is 1.29 bits per heavy atom. The third-order valence-electron chi connectivity index (χ3n) is 3.44. The first kappa shape index (κ1) is 14.1. The fourth-order valence-electron chi connectivity index (χ4n) is 2.32. The van der Waals surface area contributed by atoms with E-state index in [1.165, 1.54) is 16.2 Å². The predicted molar refractivity (Wildman–Crippen MR) is 91.1 cm³/mol. The first-order valence-electron chi connectivity index (χ1n) is 6.82. The molecule has 0 spiro atoms. The maximum Gasteiger partial charge on any atom is 0.264 e. The van der Waals surface area contributed by atoms with Crippen LogP contribution in [0.3, 0.4) is 0 Å². The molecular weight excluding hydrogens is 300 g/mol. The molecule has 0 bridgehead atoms. The van der Waals surface area contributed by atoms with Crippen LogP contribution in [0.4, 0.5) is 5.69 Å². The molecule has 3 aromatic rings. The number of carbonyl (C=O) groups is 1. The minimum absolute atomic E-state index is 0.0436. The number of benzene rings is 1. The molecule has 108 valence electrons. The number of nitrogens with one attached hydrogen (secondary N) is 1. The third kappa shape index (κ3) is 2.66. The van der Waals surface area contributed by atoms with E-state index >= 15 is 0 Å². The Kier molecular flexibility index (Phi) is 3.94. The predicted octanol–water partition coefficient (Wildman–Crippen LogP) is 4.43. The van der Waals surface area contributed by atoms with Crippen molar-refractivity contribution in [3.8, 4) is 0 Å². The summed E-state index contributed by atoms with van der Waals surface area (Å²) in [4.78, 5) is 14.3. The summed E-state index contributed by atoms with van der Waals surface area (Å²) in [6, 6.07) is 11.9. The lowest BCUT2D eigenvalue weighted by Crippen LogP contribution is -2.27. The summed E-state index contributed by atoms with van der Waals surface area (Å²) in [6.07, 6.45) is 0.858. The lowest BCUT2D eigenvalue weighted by molar-refractivity contribution is 0.0941. The van der Waals surface area contributed by atoms with E-state index in [0.29, 0.717) is 10.6 Å². The first-order chi connectivity index (χ1) is 10.2. The number of hydrogen-bond donors (Lipinski definition) is 2. The summed E-state index contributed by atoms with van der Waals surface area (Å²) in [5.41, 5.74) is 6.71. The molecule has 3 rings (SSSR count).